The lowest BCUT2D eigenvalue weighted by Crippen LogP contribution is -2.34. The molecule has 0 amide bonds. The zero-order chi connectivity index (χ0) is 13.7. The van der Waals surface area contributed by atoms with Gasteiger partial charge in [0.15, 0.2) is 10.9 Å². The van der Waals surface area contributed by atoms with E-state index >= 15 is 0 Å². The van der Waals surface area contributed by atoms with Crippen LogP contribution in [0, 0.1) is 0 Å². The van der Waals surface area contributed by atoms with Crippen molar-refractivity contribution in [2.45, 2.75) is 25.9 Å². The van der Waals surface area contributed by atoms with Crippen LogP contribution >= 0.6 is 12.2 Å². The Morgan fingerprint density at radius 1 is 1.53 bits per heavy atom. The van der Waals surface area contributed by atoms with Crippen molar-refractivity contribution in [1.82, 2.24) is 5.32 Å². The van der Waals surface area contributed by atoms with Crippen molar-refractivity contribution >= 4 is 28.8 Å². The van der Waals surface area contributed by atoms with Crippen molar-refractivity contribution in [3.63, 3.8) is 0 Å². The molecule has 2 rings (SSSR count). The number of anilines is 1. The van der Waals surface area contributed by atoms with Gasteiger partial charge in [-0.1, -0.05) is 12.1 Å². The fourth-order valence-electron chi connectivity index (χ4n) is 2.00. The summed E-state index contributed by atoms with van der Waals surface area (Å²) in [6.07, 6.45) is 2.45. The molecule has 0 aliphatic carbocycles. The monoisotopic (exact) mass is 278 g/mol. The normalized spacial score (nSPS) is 18.1. The fourth-order valence-corrected chi connectivity index (χ4v) is 2.20. The molecule has 2 N–H and O–H groups in total. The van der Waals surface area contributed by atoms with Gasteiger partial charge in [0, 0.05) is 24.4 Å². The van der Waals surface area contributed by atoms with E-state index in [0.29, 0.717) is 10.7 Å². The zero-order valence-corrected chi connectivity index (χ0v) is 11.8. The Morgan fingerprint density at radius 2 is 2.37 bits per heavy atom. The first-order chi connectivity index (χ1) is 9.15. The van der Waals surface area contributed by atoms with E-state index in [1.807, 2.05) is 12.1 Å². The van der Waals surface area contributed by atoms with Crippen molar-refractivity contribution in [2.24, 2.45) is 0 Å². The average Bonchev–Trinajstić information content (AvgIpc) is 2.90. The van der Waals surface area contributed by atoms with Gasteiger partial charge in [-0.3, -0.25) is 4.79 Å². The number of benzene rings is 1. The van der Waals surface area contributed by atoms with E-state index < -0.39 is 0 Å². The lowest BCUT2D eigenvalue weighted by molar-refractivity contribution is 0.101. The lowest BCUT2D eigenvalue weighted by atomic mass is 10.1. The van der Waals surface area contributed by atoms with Gasteiger partial charge in [-0.15, -0.1) is 0 Å². The van der Waals surface area contributed by atoms with E-state index in [9.17, 15) is 4.79 Å². The molecule has 19 heavy (non-hydrogen) atoms. The maximum Gasteiger partial charge on any atom is 0.170 e. The fraction of sp³-hybridized carbons (Fsp3) is 0.429. The molecule has 1 aliphatic rings. The quantitative estimate of drug-likeness (QED) is 0.654. The third kappa shape index (κ3) is 4.29. The zero-order valence-electron chi connectivity index (χ0n) is 10.9. The Bertz CT molecular complexity index is 470. The molecule has 5 heteroatoms. The summed E-state index contributed by atoms with van der Waals surface area (Å²) in [6, 6.07) is 7.30. The van der Waals surface area contributed by atoms with Gasteiger partial charge in [0.05, 0.1) is 6.10 Å². The first-order valence-electron chi connectivity index (χ1n) is 6.42. The Hall–Kier alpha value is -1.46. The second kappa shape index (κ2) is 6.63. The van der Waals surface area contributed by atoms with Crippen molar-refractivity contribution in [2.75, 3.05) is 18.5 Å². The van der Waals surface area contributed by atoms with Crippen LogP contribution in [0.5, 0.6) is 0 Å². The second-order valence-electron chi connectivity index (χ2n) is 4.61. The SMILES string of the molecule is CC(=O)c1cccc(NC(=S)NC[C@H]2CCCO2)c1. The number of carbonyl (C=O) groups is 1. The number of ketones is 1. The summed E-state index contributed by atoms with van der Waals surface area (Å²) in [5.74, 6) is 0.0434. The highest BCUT2D eigenvalue weighted by Gasteiger charge is 2.15. The second-order valence-corrected chi connectivity index (χ2v) is 5.02. The van der Waals surface area contributed by atoms with Gasteiger partial charge < -0.3 is 15.4 Å². The number of thiocarbonyl (C=S) groups is 1. The van der Waals surface area contributed by atoms with Crippen LogP contribution in [-0.2, 0) is 4.74 Å². The molecule has 1 aliphatic heterocycles. The van der Waals surface area contributed by atoms with Crippen molar-refractivity contribution in [1.29, 1.82) is 0 Å². The molecule has 0 bridgehead atoms. The Kier molecular flexibility index (Phi) is 4.87. The molecule has 0 spiro atoms. The molecule has 0 unspecified atom stereocenters. The summed E-state index contributed by atoms with van der Waals surface area (Å²) in [6.45, 7) is 3.11. The van der Waals surface area contributed by atoms with E-state index in [-0.39, 0.29) is 11.9 Å². The molecule has 1 fully saturated rings. The summed E-state index contributed by atoms with van der Waals surface area (Å²) in [7, 11) is 0. The molecule has 0 radical (unpaired) electrons. The van der Waals surface area contributed by atoms with Gasteiger partial charge in [-0.2, -0.15) is 0 Å². The van der Waals surface area contributed by atoms with E-state index in [1.165, 1.54) is 0 Å². The average molecular weight is 278 g/mol. The van der Waals surface area contributed by atoms with Crippen LogP contribution in [-0.4, -0.2) is 30.2 Å². The van der Waals surface area contributed by atoms with Gasteiger partial charge in [0.2, 0.25) is 0 Å². The number of hydrogen-bond acceptors (Lipinski definition) is 3. The summed E-state index contributed by atoms with van der Waals surface area (Å²) in [5.41, 5.74) is 1.49. The molecular weight excluding hydrogens is 260 g/mol. The molecule has 1 atom stereocenters. The number of rotatable bonds is 4. The minimum absolute atomic E-state index is 0.0434. The van der Waals surface area contributed by atoms with Gasteiger partial charge in [-0.05, 0) is 44.1 Å². The van der Waals surface area contributed by atoms with E-state index in [2.05, 4.69) is 10.6 Å². The molecule has 102 valence electrons. The summed E-state index contributed by atoms with van der Waals surface area (Å²) < 4.78 is 5.51. The molecule has 1 heterocycles. The van der Waals surface area contributed by atoms with Crippen LogP contribution in [0.1, 0.15) is 30.1 Å². The topological polar surface area (TPSA) is 50.4 Å². The first kappa shape index (κ1) is 14.0. The van der Waals surface area contributed by atoms with Crippen LogP contribution in [0.25, 0.3) is 0 Å². The Morgan fingerprint density at radius 3 is 3.05 bits per heavy atom. The van der Waals surface area contributed by atoms with Gasteiger partial charge in [0.1, 0.15) is 0 Å². The molecular formula is C14H18N2O2S. The smallest absolute Gasteiger partial charge is 0.170 e. The maximum atomic E-state index is 11.3. The van der Waals surface area contributed by atoms with E-state index in [4.69, 9.17) is 17.0 Å². The molecule has 1 saturated heterocycles. The third-order valence-electron chi connectivity index (χ3n) is 3.04. The maximum absolute atomic E-state index is 11.3. The van der Waals surface area contributed by atoms with Crippen LogP contribution in [0.2, 0.25) is 0 Å². The summed E-state index contributed by atoms with van der Waals surface area (Å²) >= 11 is 5.22. The molecule has 1 aromatic carbocycles. The predicted molar refractivity (Wildman–Crippen MR) is 79.6 cm³/mol. The van der Waals surface area contributed by atoms with E-state index in [0.717, 1.165) is 31.7 Å². The van der Waals surface area contributed by atoms with Gasteiger partial charge in [0.25, 0.3) is 0 Å². The van der Waals surface area contributed by atoms with Crippen LogP contribution in [0.3, 0.4) is 0 Å². The highest BCUT2D eigenvalue weighted by Crippen LogP contribution is 2.12. The minimum atomic E-state index is 0.0434. The minimum Gasteiger partial charge on any atom is -0.376 e. The predicted octanol–water partition coefficient (Wildman–Crippen LogP) is 2.35. The standard InChI is InChI=1S/C14H18N2O2S/c1-10(17)11-4-2-5-12(8-11)16-14(19)15-9-13-6-3-7-18-13/h2,4-5,8,13H,3,6-7,9H2,1H3,(H2,15,16,19)/t13-/m1/s1. The van der Waals surface area contributed by atoms with Gasteiger partial charge in [-0.25, -0.2) is 0 Å². The number of carbonyl (C=O) groups excluding carboxylic acids is 1. The van der Waals surface area contributed by atoms with Crippen molar-refractivity contribution < 1.29 is 9.53 Å². The van der Waals surface area contributed by atoms with Crippen molar-refractivity contribution in [3.8, 4) is 0 Å². The van der Waals surface area contributed by atoms with Gasteiger partial charge >= 0.3 is 0 Å². The number of nitrogens with one attached hydrogen (secondary N) is 2. The third-order valence-corrected chi connectivity index (χ3v) is 3.29. The Balaban J connectivity index is 1.84. The molecule has 1 aromatic rings. The summed E-state index contributed by atoms with van der Waals surface area (Å²) in [4.78, 5) is 11.3. The Labute approximate surface area is 118 Å². The van der Waals surface area contributed by atoms with Crippen LogP contribution in [0.4, 0.5) is 5.69 Å². The molecule has 0 aromatic heterocycles. The first-order valence-corrected chi connectivity index (χ1v) is 6.83. The van der Waals surface area contributed by atoms with Crippen LogP contribution in [0.15, 0.2) is 24.3 Å². The molecule has 4 nitrogen and oxygen atoms in total. The summed E-state index contributed by atoms with van der Waals surface area (Å²) in [5, 5.41) is 6.76. The highest BCUT2D eigenvalue weighted by molar-refractivity contribution is 7.80. The number of hydrogen-bond donors (Lipinski definition) is 2. The lowest BCUT2D eigenvalue weighted by Gasteiger charge is -2.14. The highest BCUT2D eigenvalue weighted by atomic mass is 32.1. The van der Waals surface area contributed by atoms with Crippen molar-refractivity contribution in [3.05, 3.63) is 29.8 Å². The van der Waals surface area contributed by atoms with E-state index in [1.54, 1.807) is 19.1 Å². The number of Topliss-reactive ketones (excluding diaryl/α,β-unsaturated/α-hetero) is 1. The largest absolute Gasteiger partial charge is 0.376 e. The number of ether oxygens (including phenoxy) is 1. The molecule has 0 saturated carbocycles. The van der Waals surface area contributed by atoms with Crippen LogP contribution < -0.4 is 10.6 Å².